The summed E-state index contributed by atoms with van der Waals surface area (Å²) in [6.07, 6.45) is 1.26. The van der Waals surface area contributed by atoms with E-state index in [2.05, 4.69) is 24.8 Å². The van der Waals surface area contributed by atoms with E-state index in [0.29, 0.717) is 11.6 Å². The Labute approximate surface area is 185 Å². The van der Waals surface area contributed by atoms with Crippen molar-refractivity contribution in [2.24, 2.45) is 11.1 Å². The summed E-state index contributed by atoms with van der Waals surface area (Å²) in [5.41, 5.74) is 2.40. The van der Waals surface area contributed by atoms with Crippen LogP contribution in [0.2, 0.25) is 5.02 Å². The van der Waals surface area contributed by atoms with Gasteiger partial charge in [0.15, 0.2) is 0 Å². The van der Waals surface area contributed by atoms with Gasteiger partial charge >= 0.3 is 10.3 Å². The summed E-state index contributed by atoms with van der Waals surface area (Å²) in [6.45, 7) is -0.309. The molecule has 1 fully saturated rings. The molecule has 168 valence electrons. The van der Waals surface area contributed by atoms with Gasteiger partial charge in [-0.05, 0) is 42.5 Å². The Bertz CT molecular complexity index is 1060. The number of nitrogens with two attached hydrogens (primary N) is 1. The van der Waals surface area contributed by atoms with Gasteiger partial charge in [0.25, 0.3) is 0 Å². The van der Waals surface area contributed by atoms with Gasteiger partial charge in [-0.1, -0.05) is 17.7 Å². The van der Waals surface area contributed by atoms with E-state index in [1.54, 1.807) is 6.07 Å². The molecule has 5 atom stereocenters. The Hall–Kier alpha value is -2.02. The summed E-state index contributed by atoms with van der Waals surface area (Å²) in [5, 5.41) is 32.6. The average molecular weight is 470 g/mol. The second-order valence-corrected chi connectivity index (χ2v) is 9.53. The van der Waals surface area contributed by atoms with Crippen molar-refractivity contribution in [3.63, 3.8) is 0 Å². The van der Waals surface area contributed by atoms with Gasteiger partial charge in [0.1, 0.15) is 24.1 Å². The number of benzene rings is 1. The summed E-state index contributed by atoms with van der Waals surface area (Å²) in [7, 11) is -4.12. The van der Waals surface area contributed by atoms with Crippen LogP contribution in [0.5, 0.6) is 0 Å². The van der Waals surface area contributed by atoms with E-state index < -0.39 is 34.5 Å². The first-order valence-corrected chi connectivity index (χ1v) is 11.7. The number of fused-ring (bicyclic) bond motifs is 1. The Morgan fingerprint density at radius 1 is 1.16 bits per heavy atom. The predicted molar refractivity (Wildman–Crippen MR) is 115 cm³/mol. The highest BCUT2D eigenvalue weighted by atomic mass is 35.5. The fraction of sp³-hybridized carbons (Fsp3) is 0.474. The normalized spacial score (nSPS) is 27.8. The molecule has 1 heterocycles. The van der Waals surface area contributed by atoms with E-state index in [-0.39, 0.29) is 19.1 Å². The first kappa shape index (κ1) is 22.2. The van der Waals surface area contributed by atoms with Crippen LogP contribution in [-0.4, -0.2) is 53.5 Å². The first-order valence-electron chi connectivity index (χ1n) is 9.86. The SMILES string of the molecule is NS(=O)(=O)OC[C@H]1C[C@@H](Nc2cc(N[C@H]3CCc4cc(Cl)ccc43)ncn2)[C@H](O)[C@@H]1O. The van der Waals surface area contributed by atoms with Gasteiger partial charge in [0.2, 0.25) is 0 Å². The minimum Gasteiger partial charge on any atom is -0.390 e. The number of hydrogen-bond donors (Lipinski definition) is 5. The van der Waals surface area contributed by atoms with Gasteiger partial charge in [-0.15, -0.1) is 0 Å². The zero-order valence-electron chi connectivity index (χ0n) is 16.5. The van der Waals surface area contributed by atoms with Crippen LogP contribution >= 0.6 is 11.6 Å². The van der Waals surface area contributed by atoms with Gasteiger partial charge in [0.05, 0.1) is 24.8 Å². The molecule has 2 aliphatic rings. The van der Waals surface area contributed by atoms with Crippen LogP contribution in [-0.2, 0) is 20.9 Å². The number of aromatic nitrogens is 2. The van der Waals surface area contributed by atoms with Crippen LogP contribution in [0.15, 0.2) is 30.6 Å². The van der Waals surface area contributed by atoms with Crippen molar-refractivity contribution in [2.75, 3.05) is 17.2 Å². The van der Waals surface area contributed by atoms with Gasteiger partial charge in [-0.2, -0.15) is 8.42 Å². The number of nitrogens with one attached hydrogen (secondary N) is 2. The lowest BCUT2D eigenvalue weighted by Crippen LogP contribution is -2.36. The smallest absolute Gasteiger partial charge is 0.333 e. The molecule has 0 aliphatic heterocycles. The Kier molecular flexibility index (Phi) is 6.33. The van der Waals surface area contributed by atoms with E-state index in [0.717, 1.165) is 17.9 Å². The molecule has 4 rings (SSSR count). The van der Waals surface area contributed by atoms with Crippen LogP contribution in [0.3, 0.4) is 0 Å². The molecule has 0 bridgehead atoms. The van der Waals surface area contributed by atoms with E-state index in [1.807, 2.05) is 18.2 Å². The minimum atomic E-state index is -4.12. The molecule has 2 aliphatic carbocycles. The van der Waals surface area contributed by atoms with E-state index in [1.165, 1.54) is 17.5 Å². The maximum Gasteiger partial charge on any atom is 0.333 e. The summed E-state index contributed by atoms with van der Waals surface area (Å²) >= 11 is 6.08. The third kappa shape index (κ3) is 5.25. The molecular weight excluding hydrogens is 446 g/mol. The molecule has 10 nitrogen and oxygen atoms in total. The second kappa shape index (κ2) is 8.85. The fourth-order valence-corrected chi connectivity index (χ4v) is 4.79. The number of anilines is 2. The molecule has 0 spiro atoms. The lowest BCUT2D eigenvalue weighted by Gasteiger charge is -2.19. The van der Waals surface area contributed by atoms with Crippen LogP contribution in [0.1, 0.15) is 30.0 Å². The van der Waals surface area contributed by atoms with Crippen molar-refractivity contribution in [2.45, 2.75) is 43.6 Å². The van der Waals surface area contributed by atoms with Crippen LogP contribution < -0.4 is 15.8 Å². The number of aryl methyl sites for hydroxylation is 1. The van der Waals surface area contributed by atoms with Crippen LogP contribution in [0, 0.1) is 5.92 Å². The quantitative estimate of drug-likeness (QED) is 0.398. The maximum atomic E-state index is 11.0. The third-order valence-electron chi connectivity index (χ3n) is 5.75. The number of aliphatic hydroxyl groups is 2. The highest BCUT2D eigenvalue weighted by Crippen LogP contribution is 2.35. The highest BCUT2D eigenvalue weighted by Gasteiger charge is 2.42. The number of aliphatic hydroxyl groups excluding tert-OH is 2. The molecule has 0 unspecified atom stereocenters. The molecule has 12 heteroatoms. The summed E-state index contributed by atoms with van der Waals surface area (Å²) in [4.78, 5) is 8.46. The van der Waals surface area contributed by atoms with Crippen LogP contribution in [0.4, 0.5) is 11.6 Å². The second-order valence-electron chi connectivity index (χ2n) is 7.87. The standard InChI is InChI=1S/C19H24ClN5O5S/c20-12-2-3-13-10(5-12)1-4-14(13)24-16-7-17(23-9-22-16)25-15-6-11(18(26)19(15)27)8-30-31(21,28)29/h2-3,5,7,9,11,14-15,18-19,26-27H,1,4,6,8H2,(H2,21,28,29)(H2,22,23,24,25)/t11-,14+,15-,18-,19+/m1/s1. The lowest BCUT2D eigenvalue weighted by molar-refractivity contribution is 0.00778. The lowest BCUT2D eigenvalue weighted by atomic mass is 10.1. The first-order chi connectivity index (χ1) is 14.7. The fourth-order valence-electron chi connectivity index (χ4n) is 4.23. The minimum absolute atomic E-state index is 0.105. The van der Waals surface area contributed by atoms with Gasteiger partial charge < -0.3 is 20.8 Å². The number of nitrogens with zero attached hydrogens (tertiary/aromatic N) is 2. The average Bonchev–Trinajstić information content (AvgIpc) is 3.21. The zero-order valence-corrected chi connectivity index (χ0v) is 18.1. The molecule has 0 saturated heterocycles. The number of rotatable bonds is 7. The molecule has 1 saturated carbocycles. The Balaban J connectivity index is 1.40. The van der Waals surface area contributed by atoms with Crippen molar-refractivity contribution < 1.29 is 22.8 Å². The monoisotopic (exact) mass is 469 g/mol. The van der Waals surface area contributed by atoms with Gasteiger partial charge in [0, 0.05) is 17.0 Å². The summed E-state index contributed by atoms with van der Waals surface area (Å²) < 4.78 is 26.5. The molecule has 2 aromatic rings. The number of hydrogen-bond acceptors (Lipinski definition) is 9. The van der Waals surface area contributed by atoms with Crippen molar-refractivity contribution >= 4 is 33.5 Å². The largest absolute Gasteiger partial charge is 0.390 e. The molecule has 1 aromatic heterocycles. The predicted octanol–water partition coefficient (Wildman–Crippen LogP) is 0.972. The van der Waals surface area contributed by atoms with Crippen molar-refractivity contribution in [3.8, 4) is 0 Å². The van der Waals surface area contributed by atoms with E-state index in [4.69, 9.17) is 16.7 Å². The van der Waals surface area contributed by atoms with Gasteiger partial charge in [-0.25, -0.2) is 15.1 Å². The Morgan fingerprint density at radius 3 is 2.65 bits per heavy atom. The zero-order chi connectivity index (χ0) is 22.2. The molecule has 1 aromatic carbocycles. The molecule has 0 amide bonds. The van der Waals surface area contributed by atoms with E-state index >= 15 is 0 Å². The van der Waals surface area contributed by atoms with Crippen molar-refractivity contribution in [1.82, 2.24) is 9.97 Å². The van der Waals surface area contributed by atoms with E-state index in [9.17, 15) is 18.6 Å². The molecular formula is C19H24ClN5O5S. The van der Waals surface area contributed by atoms with Crippen LogP contribution in [0.25, 0.3) is 0 Å². The summed E-state index contributed by atoms with van der Waals surface area (Å²) in [5.74, 6) is 0.496. The summed E-state index contributed by atoms with van der Waals surface area (Å²) in [6, 6.07) is 7.16. The Morgan fingerprint density at radius 2 is 1.90 bits per heavy atom. The van der Waals surface area contributed by atoms with Gasteiger partial charge in [-0.3, -0.25) is 4.18 Å². The van der Waals surface area contributed by atoms with Crippen molar-refractivity contribution in [3.05, 3.63) is 46.7 Å². The highest BCUT2D eigenvalue weighted by molar-refractivity contribution is 7.84. The third-order valence-corrected chi connectivity index (χ3v) is 6.45. The molecule has 31 heavy (non-hydrogen) atoms. The maximum absolute atomic E-state index is 11.0. The molecule has 6 N–H and O–H groups in total. The van der Waals surface area contributed by atoms with Crippen molar-refractivity contribution in [1.29, 1.82) is 0 Å². The molecule has 0 radical (unpaired) electrons. The number of halogens is 1. The topological polar surface area (TPSA) is 160 Å².